The molecule has 142 valence electrons. The van der Waals surface area contributed by atoms with Crippen molar-refractivity contribution in [1.82, 2.24) is 25.0 Å². The molecule has 1 aliphatic heterocycles. The molecule has 1 saturated heterocycles. The summed E-state index contributed by atoms with van der Waals surface area (Å²) in [7, 11) is 0. The van der Waals surface area contributed by atoms with Crippen molar-refractivity contribution in [2.24, 2.45) is 0 Å². The first-order chi connectivity index (χ1) is 13.1. The fourth-order valence-corrected chi connectivity index (χ4v) is 3.07. The first kappa shape index (κ1) is 17.5. The number of nitrogens with one attached hydrogen (secondary N) is 1. The fourth-order valence-electron chi connectivity index (χ4n) is 3.07. The number of amides is 1. The number of imidazole rings is 1. The lowest BCUT2D eigenvalue weighted by Gasteiger charge is -2.08. The van der Waals surface area contributed by atoms with Crippen molar-refractivity contribution in [3.05, 3.63) is 41.8 Å². The van der Waals surface area contributed by atoms with Crippen molar-refractivity contribution in [3.8, 4) is 0 Å². The zero-order valence-corrected chi connectivity index (χ0v) is 14.3. The number of rotatable bonds is 6. The Kier molecular flexibility index (Phi) is 4.80. The molecule has 1 N–H and O–H groups in total. The Bertz CT molecular complexity index is 949. The normalized spacial score (nSPS) is 17.1. The molecule has 10 heteroatoms. The molecule has 0 radical (unpaired) electrons. The molecule has 1 aromatic carbocycles. The van der Waals surface area contributed by atoms with Gasteiger partial charge in [-0.15, -0.1) is 0 Å². The molecule has 1 amide bonds. The minimum absolute atomic E-state index is 0.0118. The molecular formula is C17H17F2N5O3. The number of benzene rings is 1. The van der Waals surface area contributed by atoms with Crippen molar-refractivity contribution < 1.29 is 22.8 Å². The van der Waals surface area contributed by atoms with E-state index in [1.165, 1.54) is 4.57 Å². The maximum Gasteiger partial charge on any atom is 0.316 e. The molecule has 3 heterocycles. The second-order valence-electron chi connectivity index (χ2n) is 6.21. The molecule has 27 heavy (non-hydrogen) atoms. The highest BCUT2D eigenvalue weighted by atomic mass is 19.3. The van der Waals surface area contributed by atoms with Crippen molar-refractivity contribution in [3.63, 3.8) is 0 Å². The van der Waals surface area contributed by atoms with Gasteiger partial charge >= 0.3 is 11.8 Å². The van der Waals surface area contributed by atoms with Gasteiger partial charge in [0.05, 0.1) is 23.7 Å². The van der Waals surface area contributed by atoms with E-state index in [1.807, 2.05) is 0 Å². The lowest BCUT2D eigenvalue weighted by Crippen LogP contribution is -2.31. The Morgan fingerprint density at radius 2 is 2.19 bits per heavy atom. The highest BCUT2D eigenvalue weighted by Gasteiger charge is 2.22. The van der Waals surface area contributed by atoms with Crippen LogP contribution in [-0.4, -0.2) is 44.9 Å². The summed E-state index contributed by atoms with van der Waals surface area (Å²) in [6.45, 7) is 0.970. The first-order valence-electron chi connectivity index (χ1n) is 8.57. The van der Waals surface area contributed by atoms with Gasteiger partial charge in [0.1, 0.15) is 0 Å². The van der Waals surface area contributed by atoms with Crippen molar-refractivity contribution in [1.29, 1.82) is 0 Å². The third-order valence-electron chi connectivity index (χ3n) is 4.36. The minimum Gasteiger partial charge on any atom is -0.376 e. The molecule has 2 aromatic heterocycles. The van der Waals surface area contributed by atoms with Crippen molar-refractivity contribution >= 4 is 16.9 Å². The van der Waals surface area contributed by atoms with Gasteiger partial charge in [-0.1, -0.05) is 17.3 Å². The Hall–Kier alpha value is -2.88. The van der Waals surface area contributed by atoms with Gasteiger partial charge in [-0.2, -0.15) is 4.98 Å². The Morgan fingerprint density at radius 1 is 1.33 bits per heavy atom. The van der Waals surface area contributed by atoms with E-state index in [4.69, 9.17) is 9.26 Å². The number of aromatic nitrogens is 4. The molecular weight excluding hydrogens is 360 g/mol. The van der Waals surface area contributed by atoms with Gasteiger partial charge in [-0.05, 0) is 25.0 Å². The van der Waals surface area contributed by atoms with Crippen LogP contribution in [0.2, 0.25) is 0 Å². The van der Waals surface area contributed by atoms with Crippen LogP contribution in [0.4, 0.5) is 8.78 Å². The molecule has 1 fully saturated rings. The summed E-state index contributed by atoms with van der Waals surface area (Å²) in [6.07, 6.45) is -0.906. The topological polar surface area (TPSA) is 95.1 Å². The summed E-state index contributed by atoms with van der Waals surface area (Å²) in [5, 5.41) is 6.40. The second kappa shape index (κ2) is 7.39. The number of alkyl halides is 2. The van der Waals surface area contributed by atoms with E-state index >= 15 is 0 Å². The lowest BCUT2D eigenvalue weighted by atomic mass is 10.2. The summed E-state index contributed by atoms with van der Waals surface area (Å²) in [4.78, 5) is 20.1. The van der Waals surface area contributed by atoms with Crippen molar-refractivity contribution in [2.45, 2.75) is 31.9 Å². The largest absolute Gasteiger partial charge is 0.376 e. The van der Waals surface area contributed by atoms with Crippen LogP contribution in [0.5, 0.6) is 0 Å². The smallest absolute Gasteiger partial charge is 0.316 e. The average molecular weight is 377 g/mol. The third kappa shape index (κ3) is 3.65. The van der Waals surface area contributed by atoms with Gasteiger partial charge in [0.2, 0.25) is 0 Å². The molecule has 8 nitrogen and oxygen atoms in total. The van der Waals surface area contributed by atoms with E-state index in [9.17, 15) is 13.6 Å². The molecule has 0 saturated carbocycles. The molecule has 3 aromatic rings. The standard InChI is InChI=1S/C17H17F2N5O3/c18-14(19)15-21-11-5-1-2-6-12(11)24(15)9-13-22-17(27-23-13)16(25)20-8-10-4-3-7-26-10/h1-2,5-6,10,14H,3-4,7-9H2,(H,20,25). The molecule has 1 aliphatic rings. The monoisotopic (exact) mass is 377 g/mol. The number of ether oxygens (including phenoxy) is 1. The van der Waals surface area contributed by atoms with Gasteiger partial charge in [0.25, 0.3) is 6.43 Å². The summed E-state index contributed by atoms with van der Waals surface area (Å²) >= 11 is 0. The zero-order chi connectivity index (χ0) is 18.8. The van der Waals surface area contributed by atoms with E-state index < -0.39 is 12.3 Å². The third-order valence-corrected chi connectivity index (χ3v) is 4.36. The first-order valence-corrected chi connectivity index (χ1v) is 8.57. The van der Waals surface area contributed by atoms with Gasteiger partial charge in [-0.25, -0.2) is 13.8 Å². The summed E-state index contributed by atoms with van der Waals surface area (Å²) in [6, 6.07) is 6.79. The molecule has 0 bridgehead atoms. The van der Waals surface area contributed by atoms with Crippen LogP contribution in [0.3, 0.4) is 0 Å². The Balaban J connectivity index is 1.50. The number of fused-ring (bicyclic) bond motifs is 1. The molecule has 4 rings (SSSR count). The molecule has 1 atom stereocenters. The minimum atomic E-state index is -2.75. The number of halogens is 2. The number of nitrogens with zero attached hydrogens (tertiary/aromatic N) is 4. The van der Waals surface area contributed by atoms with Crippen LogP contribution in [0, 0.1) is 0 Å². The Labute approximate surface area is 152 Å². The van der Waals surface area contributed by atoms with E-state index in [0.717, 1.165) is 12.8 Å². The van der Waals surface area contributed by atoms with E-state index in [0.29, 0.717) is 24.2 Å². The SMILES string of the molecule is O=C(NCC1CCCO1)c1nc(Cn2c(C(F)F)nc3ccccc32)no1. The molecule has 0 spiro atoms. The number of hydrogen-bond acceptors (Lipinski definition) is 6. The predicted molar refractivity (Wildman–Crippen MR) is 89.4 cm³/mol. The van der Waals surface area contributed by atoms with Gasteiger partial charge in [0.15, 0.2) is 11.6 Å². The maximum absolute atomic E-state index is 13.3. The summed E-state index contributed by atoms with van der Waals surface area (Å²) < 4.78 is 38.4. The van der Waals surface area contributed by atoms with Crippen molar-refractivity contribution in [2.75, 3.05) is 13.2 Å². The summed E-state index contributed by atoms with van der Waals surface area (Å²) in [5.41, 5.74) is 0.979. The highest BCUT2D eigenvalue weighted by Crippen LogP contribution is 2.24. The number of carbonyl (C=O) groups is 1. The summed E-state index contributed by atoms with van der Waals surface area (Å²) in [5.74, 6) is -1.01. The Morgan fingerprint density at radius 3 is 2.96 bits per heavy atom. The van der Waals surface area contributed by atoms with Crippen LogP contribution in [0.15, 0.2) is 28.8 Å². The van der Waals surface area contributed by atoms with Crippen LogP contribution >= 0.6 is 0 Å². The van der Waals surface area contributed by atoms with E-state index in [1.54, 1.807) is 24.3 Å². The predicted octanol–water partition coefficient (Wildman–Crippen LogP) is 2.31. The number of para-hydroxylation sites is 2. The average Bonchev–Trinajstić information content (AvgIpc) is 3.40. The highest BCUT2D eigenvalue weighted by molar-refractivity contribution is 5.89. The van der Waals surface area contributed by atoms with Crippen LogP contribution < -0.4 is 5.32 Å². The zero-order valence-electron chi connectivity index (χ0n) is 14.3. The second-order valence-corrected chi connectivity index (χ2v) is 6.21. The van der Waals surface area contributed by atoms with Crippen LogP contribution in [0.25, 0.3) is 11.0 Å². The van der Waals surface area contributed by atoms with Crippen LogP contribution in [-0.2, 0) is 11.3 Å². The van der Waals surface area contributed by atoms with Gasteiger partial charge in [0, 0.05) is 13.2 Å². The maximum atomic E-state index is 13.3. The number of carbonyl (C=O) groups excluding carboxylic acids is 1. The van der Waals surface area contributed by atoms with Crippen LogP contribution in [0.1, 0.15) is 41.6 Å². The molecule has 0 aliphatic carbocycles. The number of hydrogen-bond donors (Lipinski definition) is 1. The fraction of sp³-hybridized carbons (Fsp3) is 0.412. The van der Waals surface area contributed by atoms with Gasteiger partial charge < -0.3 is 19.1 Å². The van der Waals surface area contributed by atoms with Gasteiger partial charge in [-0.3, -0.25) is 4.79 Å². The van der Waals surface area contributed by atoms with E-state index in [-0.39, 0.29) is 30.2 Å². The quantitative estimate of drug-likeness (QED) is 0.708. The lowest BCUT2D eigenvalue weighted by molar-refractivity contribution is 0.0822. The van der Waals surface area contributed by atoms with E-state index in [2.05, 4.69) is 20.4 Å². The molecule has 1 unspecified atom stereocenters.